The standard InChI is InChI=1S/C22H15BrN2O5S/c1-15-2-9-21(10-3-15)31(28,29)30-22-11-6-19(23)13-17(22)12-18(14-24)16-4-7-20(8-5-16)25(26)27/h2-13H,1H3/b18-12+. The second-order valence-corrected chi connectivity index (χ2v) is 8.97. The number of non-ortho nitro benzene ring substituents is 1. The van der Waals surface area contributed by atoms with Gasteiger partial charge in [-0.2, -0.15) is 13.7 Å². The number of nitro groups is 1. The van der Waals surface area contributed by atoms with Crippen molar-refractivity contribution >= 4 is 43.4 Å². The molecular weight excluding hydrogens is 484 g/mol. The van der Waals surface area contributed by atoms with Crippen LogP contribution in [0.1, 0.15) is 16.7 Å². The van der Waals surface area contributed by atoms with Gasteiger partial charge in [0.1, 0.15) is 10.6 Å². The lowest BCUT2D eigenvalue weighted by molar-refractivity contribution is -0.384. The molecule has 31 heavy (non-hydrogen) atoms. The molecule has 7 nitrogen and oxygen atoms in total. The Balaban J connectivity index is 2.01. The predicted molar refractivity (Wildman–Crippen MR) is 120 cm³/mol. The van der Waals surface area contributed by atoms with E-state index in [2.05, 4.69) is 15.9 Å². The minimum Gasteiger partial charge on any atom is -0.378 e. The quantitative estimate of drug-likeness (QED) is 0.146. The van der Waals surface area contributed by atoms with E-state index in [0.29, 0.717) is 15.6 Å². The largest absolute Gasteiger partial charge is 0.378 e. The van der Waals surface area contributed by atoms with Crippen molar-refractivity contribution in [1.29, 1.82) is 5.26 Å². The Hall–Kier alpha value is -3.48. The first-order valence-electron chi connectivity index (χ1n) is 8.87. The van der Waals surface area contributed by atoms with Crippen molar-refractivity contribution in [1.82, 2.24) is 0 Å². The number of nitrogens with zero attached hydrogens (tertiary/aromatic N) is 2. The fourth-order valence-electron chi connectivity index (χ4n) is 2.68. The van der Waals surface area contributed by atoms with Crippen LogP contribution in [0.15, 0.2) is 76.1 Å². The van der Waals surface area contributed by atoms with Crippen LogP contribution in [0.3, 0.4) is 0 Å². The van der Waals surface area contributed by atoms with Gasteiger partial charge in [-0.05, 0) is 61.0 Å². The van der Waals surface area contributed by atoms with Crippen molar-refractivity contribution in [3.63, 3.8) is 0 Å². The molecule has 3 rings (SSSR count). The molecule has 0 unspecified atom stereocenters. The van der Waals surface area contributed by atoms with Crippen LogP contribution in [-0.2, 0) is 10.1 Å². The van der Waals surface area contributed by atoms with Gasteiger partial charge in [0.2, 0.25) is 0 Å². The first-order valence-corrected chi connectivity index (χ1v) is 11.1. The fraction of sp³-hybridized carbons (Fsp3) is 0.0455. The van der Waals surface area contributed by atoms with E-state index in [-0.39, 0.29) is 21.9 Å². The molecule has 0 aliphatic carbocycles. The Bertz CT molecular complexity index is 1310. The molecular formula is C22H15BrN2O5S. The maximum atomic E-state index is 12.7. The number of hydrogen-bond acceptors (Lipinski definition) is 6. The molecule has 0 aliphatic rings. The van der Waals surface area contributed by atoms with Crippen LogP contribution in [0.25, 0.3) is 11.6 Å². The number of halogens is 1. The lowest BCUT2D eigenvalue weighted by Crippen LogP contribution is -2.10. The summed E-state index contributed by atoms with van der Waals surface area (Å²) >= 11 is 3.33. The number of hydrogen-bond donors (Lipinski definition) is 0. The highest BCUT2D eigenvalue weighted by Gasteiger charge is 2.19. The Labute approximate surface area is 187 Å². The minimum absolute atomic E-state index is 0.00632. The third-order valence-electron chi connectivity index (χ3n) is 4.29. The van der Waals surface area contributed by atoms with Gasteiger partial charge in [0, 0.05) is 22.2 Å². The average Bonchev–Trinajstić information content (AvgIpc) is 2.74. The van der Waals surface area contributed by atoms with Crippen molar-refractivity contribution in [3.05, 3.63) is 98.0 Å². The Morgan fingerprint density at radius 3 is 2.32 bits per heavy atom. The van der Waals surface area contributed by atoms with E-state index in [9.17, 15) is 23.8 Å². The lowest BCUT2D eigenvalue weighted by Gasteiger charge is -2.11. The number of nitriles is 1. The highest BCUT2D eigenvalue weighted by atomic mass is 79.9. The van der Waals surface area contributed by atoms with Gasteiger partial charge in [-0.3, -0.25) is 10.1 Å². The summed E-state index contributed by atoms with van der Waals surface area (Å²) in [5.74, 6) is 0.0402. The summed E-state index contributed by atoms with van der Waals surface area (Å²) in [6.45, 7) is 1.84. The highest BCUT2D eigenvalue weighted by Crippen LogP contribution is 2.30. The smallest absolute Gasteiger partial charge is 0.339 e. The molecule has 0 saturated heterocycles. The zero-order chi connectivity index (χ0) is 22.6. The molecule has 0 saturated carbocycles. The Morgan fingerprint density at radius 1 is 1.10 bits per heavy atom. The van der Waals surface area contributed by atoms with Crippen LogP contribution >= 0.6 is 15.9 Å². The van der Waals surface area contributed by atoms with Gasteiger partial charge in [0.15, 0.2) is 0 Å². The molecule has 0 heterocycles. The van der Waals surface area contributed by atoms with Crippen LogP contribution < -0.4 is 4.18 Å². The molecule has 0 aromatic heterocycles. The van der Waals surface area contributed by atoms with E-state index in [4.69, 9.17) is 4.18 Å². The Kier molecular flexibility index (Phi) is 6.53. The molecule has 3 aromatic carbocycles. The zero-order valence-electron chi connectivity index (χ0n) is 16.2. The van der Waals surface area contributed by atoms with Crippen LogP contribution in [-0.4, -0.2) is 13.3 Å². The molecule has 0 radical (unpaired) electrons. The Morgan fingerprint density at radius 2 is 1.74 bits per heavy atom. The van der Waals surface area contributed by atoms with E-state index < -0.39 is 15.0 Å². The van der Waals surface area contributed by atoms with Crippen molar-refractivity contribution in [3.8, 4) is 11.8 Å². The van der Waals surface area contributed by atoms with Crippen molar-refractivity contribution in [2.24, 2.45) is 0 Å². The van der Waals surface area contributed by atoms with Crippen molar-refractivity contribution < 1.29 is 17.5 Å². The highest BCUT2D eigenvalue weighted by molar-refractivity contribution is 9.10. The van der Waals surface area contributed by atoms with E-state index in [0.717, 1.165) is 5.56 Å². The van der Waals surface area contributed by atoms with Gasteiger partial charge in [-0.25, -0.2) is 0 Å². The summed E-state index contributed by atoms with van der Waals surface area (Å²) in [5.41, 5.74) is 1.79. The zero-order valence-corrected chi connectivity index (χ0v) is 18.6. The summed E-state index contributed by atoms with van der Waals surface area (Å²) in [6.07, 6.45) is 1.46. The normalized spacial score (nSPS) is 11.6. The summed E-state index contributed by atoms with van der Waals surface area (Å²) < 4.78 is 31.4. The first kappa shape index (κ1) is 22.2. The van der Waals surface area contributed by atoms with Gasteiger partial charge < -0.3 is 4.18 Å². The molecule has 0 spiro atoms. The molecule has 0 fully saturated rings. The van der Waals surface area contributed by atoms with Crippen LogP contribution in [0.2, 0.25) is 0 Å². The lowest BCUT2D eigenvalue weighted by atomic mass is 10.0. The SMILES string of the molecule is Cc1ccc(S(=O)(=O)Oc2ccc(Br)cc2/C=C(\C#N)c2ccc([N+](=O)[O-])cc2)cc1. The number of rotatable bonds is 6. The van der Waals surface area contributed by atoms with E-state index in [1.807, 2.05) is 13.0 Å². The van der Waals surface area contributed by atoms with E-state index in [1.165, 1.54) is 48.5 Å². The summed E-state index contributed by atoms with van der Waals surface area (Å²) in [5, 5.41) is 20.4. The molecule has 0 aliphatic heterocycles. The summed E-state index contributed by atoms with van der Waals surface area (Å²) in [7, 11) is -4.09. The van der Waals surface area contributed by atoms with Gasteiger partial charge >= 0.3 is 10.1 Å². The van der Waals surface area contributed by atoms with Gasteiger partial charge in [-0.1, -0.05) is 33.6 Å². The third-order valence-corrected chi connectivity index (χ3v) is 6.03. The van der Waals surface area contributed by atoms with Crippen LogP contribution in [0.4, 0.5) is 5.69 Å². The molecule has 3 aromatic rings. The topological polar surface area (TPSA) is 110 Å². The van der Waals surface area contributed by atoms with Gasteiger partial charge in [-0.15, -0.1) is 0 Å². The van der Waals surface area contributed by atoms with Crippen LogP contribution in [0.5, 0.6) is 5.75 Å². The number of aryl methyl sites for hydroxylation is 1. The molecule has 0 bridgehead atoms. The fourth-order valence-corrected chi connectivity index (χ4v) is 4.01. The van der Waals surface area contributed by atoms with E-state index in [1.54, 1.807) is 24.3 Å². The second-order valence-electron chi connectivity index (χ2n) is 6.51. The minimum atomic E-state index is -4.09. The van der Waals surface area contributed by atoms with Crippen molar-refractivity contribution in [2.45, 2.75) is 11.8 Å². The summed E-state index contributed by atoms with van der Waals surface area (Å²) in [6, 6.07) is 18.5. The summed E-state index contributed by atoms with van der Waals surface area (Å²) in [4.78, 5) is 10.3. The molecule has 0 atom stereocenters. The number of benzene rings is 3. The monoisotopic (exact) mass is 498 g/mol. The van der Waals surface area contributed by atoms with Gasteiger partial charge in [0.25, 0.3) is 5.69 Å². The predicted octanol–water partition coefficient (Wildman–Crippen LogP) is 5.50. The third kappa shape index (κ3) is 5.36. The number of nitro benzene ring substituents is 1. The maximum absolute atomic E-state index is 12.7. The second kappa shape index (κ2) is 9.12. The molecule has 0 N–H and O–H groups in total. The molecule has 0 amide bonds. The molecule has 156 valence electrons. The van der Waals surface area contributed by atoms with Gasteiger partial charge in [0.05, 0.1) is 16.6 Å². The number of allylic oxidation sites excluding steroid dienone is 1. The van der Waals surface area contributed by atoms with Crippen LogP contribution in [0, 0.1) is 28.4 Å². The maximum Gasteiger partial charge on any atom is 0.339 e. The van der Waals surface area contributed by atoms with Crippen molar-refractivity contribution in [2.75, 3.05) is 0 Å². The van der Waals surface area contributed by atoms with E-state index >= 15 is 0 Å². The average molecular weight is 499 g/mol. The molecule has 9 heteroatoms. The first-order chi connectivity index (χ1) is 14.7.